The zero-order valence-electron chi connectivity index (χ0n) is 16.9. The minimum absolute atomic E-state index is 0.104. The fourth-order valence-electron chi connectivity index (χ4n) is 5.26. The van der Waals surface area contributed by atoms with Crippen LogP contribution in [-0.4, -0.2) is 45.0 Å². The highest BCUT2D eigenvalue weighted by Crippen LogP contribution is 2.61. The van der Waals surface area contributed by atoms with E-state index in [-0.39, 0.29) is 22.9 Å². The monoisotopic (exact) mass is 428 g/mol. The van der Waals surface area contributed by atoms with Gasteiger partial charge in [-0.05, 0) is 62.1 Å². The summed E-state index contributed by atoms with van der Waals surface area (Å²) in [5.74, 6) is 0.662. The summed E-state index contributed by atoms with van der Waals surface area (Å²) in [6.45, 7) is 3.83. The van der Waals surface area contributed by atoms with Crippen LogP contribution in [0, 0.1) is 19.3 Å². The maximum atomic E-state index is 13.3. The van der Waals surface area contributed by atoms with Crippen LogP contribution in [-0.2, 0) is 10.0 Å². The van der Waals surface area contributed by atoms with Crippen molar-refractivity contribution in [1.29, 1.82) is 0 Å². The lowest BCUT2D eigenvalue weighted by Crippen LogP contribution is -2.56. The highest BCUT2D eigenvalue weighted by molar-refractivity contribution is 7.89. The molecular weight excluding hydrogens is 404 g/mol. The Morgan fingerprint density at radius 1 is 1.20 bits per heavy atom. The summed E-state index contributed by atoms with van der Waals surface area (Å²) in [5, 5.41) is 9.60. The molecular formula is C20H24N6O3S. The number of nitrogens with two attached hydrogens (primary N) is 1. The van der Waals surface area contributed by atoms with Crippen LogP contribution in [0.4, 0.5) is 5.95 Å². The van der Waals surface area contributed by atoms with Crippen molar-refractivity contribution in [3.63, 3.8) is 0 Å². The quantitative estimate of drug-likeness (QED) is 0.561. The van der Waals surface area contributed by atoms with Gasteiger partial charge >= 0.3 is 0 Å². The van der Waals surface area contributed by atoms with E-state index >= 15 is 0 Å². The van der Waals surface area contributed by atoms with Crippen molar-refractivity contribution in [3.8, 4) is 11.3 Å². The summed E-state index contributed by atoms with van der Waals surface area (Å²) in [4.78, 5) is 12.8. The minimum Gasteiger partial charge on any atom is -0.396 e. The van der Waals surface area contributed by atoms with Crippen LogP contribution in [0.25, 0.3) is 17.0 Å². The van der Waals surface area contributed by atoms with Crippen LogP contribution in [0.15, 0.2) is 29.6 Å². The summed E-state index contributed by atoms with van der Waals surface area (Å²) in [5.41, 5.74) is 8.21. The maximum Gasteiger partial charge on any atom is 0.241 e. The Balaban J connectivity index is 1.54. The molecule has 0 spiro atoms. The Labute approximate surface area is 174 Å². The van der Waals surface area contributed by atoms with E-state index in [1.807, 2.05) is 13.0 Å². The first kappa shape index (κ1) is 19.4. The van der Waals surface area contributed by atoms with Crippen molar-refractivity contribution in [2.75, 3.05) is 12.3 Å². The van der Waals surface area contributed by atoms with Gasteiger partial charge in [-0.25, -0.2) is 28.1 Å². The first-order valence-corrected chi connectivity index (χ1v) is 11.4. The standard InChI is InChI=1S/C20H24N6O3S/c1-12-5-13(2)16(30(28,29)25-20-4-3-19(8-20,9-20)10-27)6-14(12)15-7-26-17(21)22-11-23-18(26)24-15/h5-7,11,25,27H,3-4,8-10H2,1-2H3,(H2,21,22,23,24). The predicted molar refractivity (Wildman–Crippen MR) is 111 cm³/mol. The Morgan fingerprint density at radius 2 is 1.97 bits per heavy atom. The van der Waals surface area contributed by atoms with Crippen LogP contribution < -0.4 is 10.5 Å². The lowest BCUT2D eigenvalue weighted by molar-refractivity contribution is 0.0336. The first-order chi connectivity index (χ1) is 14.2. The number of sulfonamides is 1. The zero-order valence-corrected chi connectivity index (χ0v) is 17.7. The van der Waals surface area contributed by atoms with Gasteiger partial charge in [0.05, 0.1) is 10.6 Å². The molecule has 0 unspecified atom stereocenters. The second-order valence-corrected chi connectivity index (χ2v) is 10.5. The molecule has 3 aliphatic rings. The molecule has 4 N–H and O–H groups in total. The fraction of sp³-hybridized carbons (Fsp3) is 0.450. The van der Waals surface area contributed by atoms with Crippen molar-refractivity contribution in [2.45, 2.75) is 50.0 Å². The molecule has 1 aromatic carbocycles. The summed E-state index contributed by atoms with van der Waals surface area (Å²) >= 11 is 0. The molecule has 3 fully saturated rings. The molecule has 6 rings (SSSR count). The third-order valence-electron chi connectivity index (χ3n) is 6.63. The van der Waals surface area contributed by atoms with Crippen molar-refractivity contribution in [1.82, 2.24) is 24.1 Å². The number of fused-ring (bicyclic) bond motifs is 2. The number of nitrogens with zero attached hydrogens (tertiary/aromatic N) is 4. The molecule has 0 saturated heterocycles. The molecule has 2 bridgehead atoms. The molecule has 10 heteroatoms. The zero-order chi connectivity index (χ0) is 21.3. The van der Waals surface area contributed by atoms with Crippen molar-refractivity contribution >= 4 is 21.7 Å². The minimum atomic E-state index is -3.73. The smallest absolute Gasteiger partial charge is 0.241 e. The normalized spacial score (nSPS) is 25.6. The summed E-state index contributed by atoms with van der Waals surface area (Å²) in [6.07, 6.45) is 6.05. The molecule has 158 valence electrons. The number of aryl methyl sites for hydroxylation is 2. The molecule has 30 heavy (non-hydrogen) atoms. The van der Waals surface area contributed by atoms with Crippen LogP contribution in [0.2, 0.25) is 0 Å². The maximum absolute atomic E-state index is 13.3. The highest BCUT2D eigenvalue weighted by Gasteiger charge is 2.61. The van der Waals surface area contributed by atoms with Gasteiger partial charge in [0.1, 0.15) is 6.33 Å². The van der Waals surface area contributed by atoms with Crippen molar-refractivity contribution in [2.24, 2.45) is 5.41 Å². The largest absolute Gasteiger partial charge is 0.396 e. The molecule has 2 aromatic heterocycles. The Bertz CT molecular complexity index is 1280. The van der Waals surface area contributed by atoms with E-state index in [1.165, 1.54) is 6.33 Å². The van der Waals surface area contributed by atoms with Gasteiger partial charge in [-0.3, -0.25) is 4.40 Å². The van der Waals surface area contributed by atoms with E-state index < -0.39 is 15.6 Å². The van der Waals surface area contributed by atoms with Gasteiger partial charge in [-0.15, -0.1) is 0 Å². The molecule has 9 nitrogen and oxygen atoms in total. The fourth-order valence-corrected chi connectivity index (χ4v) is 6.94. The number of hydrogen-bond acceptors (Lipinski definition) is 7. The van der Waals surface area contributed by atoms with Gasteiger partial charge in [0.25, 0.3) is 0 Å². The number of hydrogen-bond donors (Lipinski definition) is 3. The molecule has 3 aliphatic carbocycles. The first-order valence-electron chi connectivity index (χ1n) is 9.88. The molecule has 0 aliphatic heterocycles. The Morgan fingerprint density at radius 3 is 2.63 bits per heavy atom. The second kappa shape index (κ2) is 6.22. The topological polar surface area (TPSA) is 136 Å². The second-order valence-electron chi connectivity index (χ2n) is 8.86. The molecule has 3 aromatic rings. The Hall–Kier alpha value is -2.56. The van der Waals surface area contributed by atoms with E-state index in [0.29, 0.717) is 35.4 Å². The van der Waals surface area contributed by atoms with Gasteiger partial charge in [-0.2, -0.15) is 0 Å². The van der Waals surface area contributed by atoms with E-state index in [4.69, 9.17) is 5.73 Å². The van der Waals surface area contributed by atoms with Crippen LogP contribution in [0.5, 0.6) is 0 Å². The number of nitrogen functional groups attached to an aromatic ring is 1. The number of anilines is 1. The van der Waals surface area contributed by atoms with Crippen molar-refractivity contribution in [3.05, 3.63) is 35.8 Å². The molecule has 2 heterocycles. The van der Waals surface area contributed by atoms with Crippen molar-refractivity contribution < 1.29 is 13.5 Å². The number of benzene rings is 1. The number of nitrogens with one attached hydrogen (secondary N) is 1. The molecule has 0 radical (unpaired) electrons. The lowest BCUT2D eigenvalue weighted by atomic mass is 9.66. The third-order valence-corrected chi connectivity index (χ3v) is 8.35. The lowest BCUT2D eigenvalue weighted by Gasteiger charge is -2.46. The average Bonchev–Trinajstić information content (AvgIpc) is 3.33. The van der Waals surface area contributed by atoms with E-state index in [2.05, 4.69) is 19.7 Å². The predicted octanol–water partition coefficient (Wildman–Crippen LogP) is 1.57. The van der Waals surface area contributed by atoms with E-state index in [0.717, 1.165) is 18.4 Å². The number of aromatic nitrogens is 4. The summed E-state index contributed by atoms with van der Waals surface area (Å²) in [7, 11) is -3.73. The van der Waals surface area contributed by atoms with Gasteiger partial charge in [0.2, 0.25) is 21.7 Å². The summed E-state index contributed by atoms with van der Waals surface area (Å²) < 4.78 is 31.1. The number of aliphatic hydroxyl groups is 1. The molecule has 3 saturated carbocycles. The van der Waals surface area contributed by atoms with E-state index in [9.17, 15) is 13.5 Å². The molecule has 0 atom stereocenters. The Kier molecular flexibility index (Phi) is 4.03. The van der Waals surface area contributed by atoms with Gasteiger partial charge in [0.15, 0.2) is 0 Å². The van der Waals surface area contributed by atoms with Gasteiger partial charge in [0, 0.05) is 23.9 Å². The SMILES string of the molecule is Cc1cc(C)c(S(=O)(=O)NC23CCC(CO)(C2)C3)cc1-c1cn2c(N)ncnc2n1. The molecule has 0 amide bonds. The number of imidazole rings is 1. The van der Waals surface area contributed by atoms with Crippen LogP contribution >= 0.6 is 0 Å². The van der Waals surface area contributed by atoms with Crippen LogP contribution in [0.3, 0.4) is 0 Å². The highest BCUT2D eigenvalue weighted by atomic mass is 32.2. The van der Waals surface area contributed by atoms with Gasteiger partial charge in [-0.1, -0.05) is 6.07 Å². The summed E-state index contributed by atoms with van der Waals surface area (Å²) in [6, 6.07) is 3.52. The number of rotatable bonds is 5. The number of aliphatic hydroxyl groups excluding tert-OH is 1. The van der Waals surface area contributed by atoms with Crippen LogP contribution in [0.1, 0.15) is 36.8 Å². The average molecular weight is 429 g/mol. The third kappa shape index (κ3) is 2.82. The van der Waals surface area contributed by atoms with E-state index in [1.54, 1.807) is 23.6 Å². The van der Waals surface area contributed by atoms with Gasteiger partial charge < -0.3 is 10.8 Å².